The minimum Gasteiger partial charge on any atom is -0.480 e. The molecule has 0 spiro atoms. The number of unbranched alkanes of at least 4 members (excludes halogenated alkanes) is 1. The van der Waals surface area contributed by atoms with Crippen molar-refractivity contribution in [2.75, 3.05) is 19.8 Å². The summed E-state index contributed by atoms with van der Waals surface area (Å²) in [4.78, 5) is 11.6. The molecule has 0 aromatic heterocycles. The van der Waals surface area contributed by atoms with Crippen LogP contribution in [0.5, 0.6) is 5.75 Å². The molecule has 1 aromatic rings. The van der Waals surface area contributed by atoms with Crippen molar-refractivity contribution in [1.82, 2.24) is 0 Å². The van der Waals surface area contributed by atoms with Crippen LogP contribution >= 0.6 is 23.2 Å². The number of ether oxygens (including phenoxy) is 3. The molecule has 0 fully saturated rings. The Morgan fingerprint density at radius 3 is 2.76 bits per heavy atom. The summed E-state index contributed by atoms with van der Waals surface area (Å²) in [5.41, 5.74) is 0. The summed E-state index contributed by atoms with van der Waals surface area (Å²) in [6, 6.07) is 4.79. The van der Waals surface area contributed by atoms with Gasteiger partial charge in [-0.2, -0.15) is 0 Å². The lowest BCUT2D eigenvalue weighted by molar-refractivity contribution is -0.149. The van der Waals surface area contributed by atoms with Gasteiger partial charge in [-0.1, -0.05) is 36.5 Å². The van der Waals surface area contributed by atoms with Crippen molar-refractivity contribution in [1.29, 1.82) is 0 Å². The maximum Gasteiger partial charge on any atom is 0.344 e. The number of carbonyl (C=O) groups excluding carboxylic acids is 1. The summed E-state index contributed by atoms with van der Waals surface area (Å²) in [6.45, 7) is 4.63. The van der Waals surface area contributed by atoms with Gasteiger partial charge >= 0.3 is 5.97 Å². The lowest BCUT2D eigenvalue weighted by atomic mass is 10.3. The van der Waals surface area contributed by atoms with Crippen molar-refractivity contribution in [3.05, 3.63) is 28.2 Å². The Morgan fingerprint density at radius 2 is 2.10 bits per heavy atom. The molecule has 4 nitrogen and oxygen atoms in total. The molecule has 0 N–H and O–H groups in total. The first-order valence-corrected chi connectivity index (χ1v) is 7.63. The number of esters is 1. The standard InChI is InChI=1S/C15H20Cl2O4/c1-3-4-7-19-11(2)9-21-15(18)10-20-14-6-5-12(16)8-13(14)17/h5-6,8,11H,3-4,7,9-10H2,1-2H3. The lowest BCUT2D eigenvalue weighted by Gasteiger charge is -2.13. The summed E-state index contributed by atoms with van der Waals surface area (Å²) in [6.07, 6.45) is 1.94. The van der Waals surface area contributed by atoms with Crippen LogP contribution in [0.1, 0.15) is 26.7 Å². The summed E-state index contributed by atoms with van der Waals surface area (Å²) in [5.74, 6) is -0.0720. The number of hydrogen-bond acceptors (Lipinski definition) is 4. The van der Waals surface area contributed by atoms with E-state index in [0.29, 0.717) is 22.4 Å². The highest BCUT2D eigenvalue weighted by Gasteiger charge is 2.10. The zero-order valence-corrected chi connectivity index (χ0v) is 13.7. The molecule has 0 aliphatic carbocycles. The largest absolute Gasteiger partial charge is 0.480 e. The molecular weight excluding hydrogens is 315 g/mol. The molecule has 0 radical (unpaired) electrons. The number of benzene rings is 1. The van der Waals surface area contributed by atoms with Crippen molar-refractivity contribution < 1.29 is 19.0 Å². The van der Waals surface area contributed by atoms with E-state index < -0.39 is 5.97 Å². The molecule has 0 aliphatic rings. The molecule has 1 unspecified atom stereocenters. The minimum atomic E-state index is -0.466. The van der Waals surface area contributed by atoms with Gasteiger partial charge in [0.2, 0.25) is 0 Å². The summed E-state index contributed by atoms with van der Waals surface area (Å²) in [5, 5.41) is 0.861. The molecule has 0 aliphatic heterocycles. The molecule has 0 bridgehead atoms. The Labute approximate surface area is 135 Å². The first-order valence-electron chi connectivity index (χ1n) is 6.88. The van der Waals surface area contributed by atoms with Gasteiger partial charge in [-0.3, -0.25) is 0 Å². The van der Waals surface area contributed by atoms with Gasteiger partial charge in [-0.15, -0.1) is 0 Å². The van der Waals surface area contributed by atoms with Crippen molar-refractivity contribution in [3.8, 4) is 5.75 Å². The van der Waals surface area contributed by atoms with Gasteiger partial charge in [-0.25, -0.2) is 4.79 Å². The molecule has 1 aromatic carbocycles. The lowest BCUT2D eigenvalue weighted by Crippen LogP contribution is -2.22. The van der Waals surface area contributed by atoms with Gasteiger partial charge in [0.15, 0.2) is 6.61 Å². The van der Waals surface area contributed by atoms with Gasteiger partial charge in [0, 0.05) is 11.6 Å². The third kappa shape index (κ3) is 7.55. The average Bonchev–Trinajstić information content (AvgIpc) is 2.44. The van der Waals surface area contributed by atoms with E-state index in [0.717, 1.165) is 12.8 Å². The van der Waals surface area contributed by atoms with Crippen LogP contribution in [0.25, 0.3) is 0 Å². The topological polar surface area (TPSA) is 44.8 Å². The molecular formula is C15H20Cl2O4. The van der Waals surface area contributed by atoms with E-state index in [-0.39, 0.29) is 19.3 Å². The third-order valence-corrected chi connectivity index (χ3v) is 3.15. The highest BCUT2D eigenvalue weighted by Crippen LogP contribution is 2.27. The Kier molecular flexibility index (Phi) is 8.50. The fourth-order valence-electron chi connectivity index (χ4n) is 1.46. The van der Waals surface area contributed by atoms with Crippen molar-refractivity contribution in [2.45, 2.75) is 32.8 Å². The predicted molar refractivity (Wildman–Crippen MR) is 83.2 cm³/mol. The molecule has 0 heterocycles. The Morgan fingerprint density at radius 1 is 1.33 bits per heavy atom. The molecule has 0 saturated carbocycles. The third-order valence-electron chi connectivity index (χ3n) is 2.62. The SMILES string of the molecule is CCCCOC(C)COC(=O)COc1ccc(Cl)cc1Cl. The van der Waals surface area contributed by atoms with Crippen LogP contribution in [0.4, 0.5) is 0 Å². The summed E-state index contributed by atoms with van der Waals surface area (Å²) >= 11 is 11.7. The van der Waals surface area contributed by atoms with Crippen LogP contribution in [-0.2, 0) is 14.3 Å². The molecule has 0 saturated heterocycles. The maximum absolute atomic E-state index is 11.6. The Bertz CT molecular complexity index is 451. The zero-order chi connectivity index (χ0) is 15.7. The van der Waals surface area contributed by atoms with Crippen LogP contribution in [0.15, 0.2) is 18.2 Å². The zero-order valence-electron chi connectivity index (χ0n) is 12.2. The maximum atomic E-state index is 11.6. The molecule has 1 rings (SSSR count). The van der Waals surface area contributed by atoms with Crippen molar-refractivity contribution >= 4 is 29.2 Å². The molecule has 21 heavy (non-hydrogen) atoms. The van der Waals surface area contributed by atoms with Crippen LogP contribution in [0.2, 0.25) is 10.0 Å². The highest BCUT2D eigenvalue weighted by molar-refractivity contribution is 6.35. The van der Waals surface area contributed by atoms with Gasteiger partial charge in [0.1, 0.15) is 12.4 Å². The normalized spacial score (nSPS) is 12.0. The fourth-order valence-corrected chi connectivity index (χ4v) is 1.92. The second kappa shape index (κ2) is 9.87. The van der Waals surface area contributed by atoms with E-state index in [4.69, 9.17) is 37.4 Å². The Balaban J connectivity index is 2.24. The number of hydrogen-bond donors (Lipinski definition) is 0. The van der Waals surface area contributed by atoms with Crippen LogP contribution < -0.4 is 4.74 Å². The molecule has 6 heteroatoms. The smallest absolute Gasteiger partial charge is 0.344 e. The Hall–Kier alpha value is -0.970. The predicted octanol–water partition coefficient (Wildman–Crippen LogP) is 4.12. The minimum absolute atomic E-state index is 0.125. The van der Waals surface area contributed by atoms with Crippen LogP contribution in [-0.4, -0.2) is 31.9 Å². The quantitative estimate of drug-likeness (QED) is 0.503. The van der Waals surface area contributed by atoms with Crippen LogP contribution in [0.3, 0.4) is 0 Å². The summed E-state index contributed by atoms with van der Waals surface area (Å²) < 4.78 is 15.8. The van der Waals surface area contributed by atoms with Crippen molar-refractivity contribution in [2.24, 2.45) is 0 Å². The number of halogens is 2. The molecule has 1 atom stereocenters. The number of carbonyl (C=O) groups is 1. The first kappa shape index (κ1) is 18.1. The molecule has 118 valence electrons. The van der Waals surface area contributed by atoms with Gasteiger partial charge in [-0.05, 0) is 31.5 Å². The average molecular weight is 335 g/mol. The van der Waals surface area contributed by atoms with E-state index >= 15 is 0 Å². The second-order valence-electron chi connectivity index (χ2n) is 4.58. The van der Waals surface area contributed by atoms with Gasteiger partial charge in [0.05, 0.1) is 11.1 Å². The van der Waals surface area contributed by atoms with Gasteiger partial charge < -0.3 is 14.2 Å². The molecule has 0 amide bonds. The first-order chi connectivity index (χ1) is 10.0. The van der Waals surface area contributed by atoms with E-state index in [9.17, 15) is 4.79 Å². The van der Waals surface area contributed by atoms with Crippen molar-refractivity contribution in [3.63, 3.8) is 0 Å². The second-order valence-corrected chi connectivity index (χ2v) is 5.43. The van der Waals surface area contributed by atoms with E-state index in [1.54, 1.807) is 18.2 Å². The number of rotatable bonds is 9. The van der Waals surface area contributed by atoms with Crippen LogP contribution in [0, 0.1) is 0 Å². The van der Waals surface area contributed by atoms with E-state index in [2.05, 4.69) is 6.92 Å². The van der Waals surface area contributed by atoms with Gasteiger partial charge in [0.25, 0.3) is 0 Å². The van der Waals surface area contributed by atoms with E-state index in [1.165, 1.54) is 0 Å². The monoisotopic (exact) mass is 334 g/mol. The van der Waals surface area contributed by atoms with E-state index in [1.807, 2.05) is 6.92 Å². The summed E-state index contributed by atoms with van der Waals surface area (Å²) in [7, 11) is 0. The fraction of sp³-hybridized carbons (Fsp3) is 0.533. The highest BCUT2D eigenvalue weighted by atomic mass is 35.5.